The summed E-state index contributed by atoms with van der Waals surface area (Å²) in [5.74, 6) is 1.17. The summed E-state index contributed by atoms with van der Waals surface area (Å²) in [5, 5.41) is 4.53. The number of nitrogens with zero attached hydrogens (tertiary/aromatic N) is 1. The Morgan fingerprint density at radius 1 is 1.18 bits per heavy atom. The van der Waals surface area contributed by atoms with Crippen molar-refractivity contribution in [2.45, 2.75) is 31.2 Å². The average molecular weight is 358 g/mol. The van der Waals surface area contributed by atoms with Gasteiger partial charge in [-0.05, 0) is 59.7 Å². The molecule has 0 aromatic heterocycles. The van der Waals surface area contributed by atoms with Crippen LogP contribution >= 0.6 is 34.4 Å². The Hall–Kier alpha value is -0.230. The summed E-state index contributed by atoms with van der Waals surface area (Å²) in [7, 11) is 0. The maximum Gasteiger partial charge on any atom is 0.161 e. The molecule has 0 radical (unpaired) electrons. The lowest BCUT2D eigenvalue weighted by Gasteiger charge is -2.16. The van der Waals surface area contributed by atoms with Crippen LogP contribution in [0.1, 0.15) is 25.7 Å². The number of hydrogen-bond donors (Lipinski definition) is 1. The Kier molecular flexibility index (Phi) is 3.34. The van der Waals surface area contributed by atoms with E-state index in [0.717, 1.165) is 10.9 Å². The lowest BCUT2D eigenvalue weighted by Crippen LogP contribution is -2.21. The Morgan fingerprint density at radius 2 is 1.88 bits per heavy atom. The van der Waals surface area contributed by atoms with Crippen molar-refractivity contribution >= 4 is 45.2 Å². The van der Waals surface area contributed by atoms with Gasteiger partial charge in [0.05, 0.1) is 5.54 Å². The zero-order valence-corrected chi connectivity index (χ0v) is 12.6. The van der Waals surface area contributed by atoms with Crippen molar-refractivity contribution in [1.29, 1.82) is 0 Å². The first-order valence-corrected chi connectivity index (χ1v) is 8.08. The molecule has 4 heteroatoms. The quantitative estimate of drug-likeness (QED) is 0.764. The van der Waals surface area contributed by atoms with Crippen LogP contribution in [0.5, 0.6) is 0 Å². The fourth-order valence-corrected chi connectivity index (χ4v) is 4.06. The minimum Gasteiger partial charge on any atom is -0.335 e. The summed E-state index contributed by atoms with van der Waals surface area (Å²) in [6.07, 6.45) is 5.25. The van der Waals surface area contributed by atoms with Gasteiger partial charge in [0.2, 0.25) is 0 Å². The molecule has 3 rings (SSSR count). The van der Waals surface area contributed by atoms with Crippen LogP contribution < -0.4 is 5.32 Å². The number of aliphatic imine (C=N–C) groups is 1. The van der Waals surface area contributed by atoms with E-state index in [1.54, 1.807) is 0 Å². The number of benzene rings is 1. The van der Waals surface area contributed by atoms with Gasteiger partial charge in [-0.1, -0.05) is 24.6 Å². The second kappa shape index (κ2) is 4.80. The van der Waals surface area contributed by atoms with Gasteiger partial charge >= 0.3 is 0 Å². The second-order valence-electron chi connectivity index (χ2n) is 4.77. The Labute approximate surface area is 120 Å². The molecule has 0 bridgehead atoms. The lowest BCUT2D eigenvalue weighted by atomic mass is 10.0. The van der Waals surface area contributed by atoms with E-state index in [1.807, 2.05) is 11.8 Å². The second-order valence-corrected chi connectivity index (χ2v) is 6.98. The van der Waals surface area contributed by atoms with E-state index in [9.17, 15) is 0 Å². The van der Waals surface area contributed by atoms with Crippen molar-refractivity contribution in [2.24, 2.45) is 4.99 Å². The van der Waals surface area contributed by atoms with Gasteiger partial charge in [-0.2, -0.15) is 0 Å². The van der Waals surface area contributed by atoms with Crippen molar-refractivity contribution < 1.29 is 0 Å². The summed E-state index contributed by atoms with van der Waals surface area (Å²) in [5.41, 5.74) is 1.42. The number of anilines is 1. The molecule has 1 spiro atoms. The zero-order valence-electron chi connectivity index (χ0n) is 9.58. The van der Waals surface area contributed by atoms with E-state index in [-0.39, 0.29) is 5.54 Å². The van der Waals surface area contributed by atoms with Gasteiger partial charge < -0.3 is 5.32 Å². The first-order chi connectivity index (χ1) is 8.26. The molecule has 1 heterocycles. The Morgan fingerprint density at radius 3 is 2.59 bits per heavy atom. The fraction of sp³-hybridized carbons (Fsp3) is 0.462. The van der Waals surface area contributed by atoms with Crippen molar-refractivity contribution in [3.63, 3.8) is 0 Å². The third kappa shape index (κ3) is 2.62. The molecule has 90 valence electrons. The standard InChI is InChI=1S/C13H15IN2S/c14-10-3-5-11(6-4-10)15-12-16-13(9-17-12)7-1-2-8-13/h3-6H,1-2,7-9H2,(H,15,16). The van der Waals surface area contributed by atoms with Gasteiger partial charge in [-0.15, -0.1) is 0 Å². The molecule has 17 heavy (non-hydrogen) atoms. The van der Waals surface area contributed by atoms with Crippen molar-refractivity contribution in [2.75, 3.05) is 11.1 Å². The molecule has 1 N–H and O–H groups in total. The molecule has 1 aromatic rings. The molecule has 2 nitrogen and oxygen atoms in total. The van der Waals surface area contributed by atoms with E-state index in [1.165, 1.54) is 35.0 Å². The van der Waals surface area contributed by atoms with Crippen molar-refractivity contribution in [3.05, 3.63) is 27.8 Å². The third-order valence-electron chi connectivity index (χ3n) is 3.45. The lowest BCUT2D eigenvalue weighted by molar-refractivity contribution is 0.508. The van der Waals surface area contributed by atoms with Crippen LogP contribution in [-0.4, -0.2) is 16.5 Å². The van der Waals surface area contributed by atoms with Crippen LogP contribution in [0.25, 0.3) is 0 Å². The van der Waals surface area contributed by atoms with E-state index in [4.69, 9.17) is 4.99 Å². The number of thioether (sulfide) groups is 1. The number of halogens is 1. The highest BCUT2D eigenvalue weighted by atomic mass is 127. The van der Waals surface area contributed by atoms with Gasteiger partial charge in [0, 0.05) is 15.0 Å². The predicted molar refractivity (Wildman–Crippen MR) is 83.9 cm³/mol. The number of amidine groups is 1. The van der Waals surface area contributed by atoms with Crippen molar-refractivity contribution in [3.8, 4) is 0 Å². The minimum absolute atomic E-state index is 0.274. The minimum atomic E-state index is 0.274. The van der Waals surface area contributed by atoms with Gasteiger partial charge in [-0.25, -0.2) is 0 Å². The molecule has 0 amide bonds. The average Bonchev–Trinajstić information content (AvgIpc) is 2.94. The maximum atomic E-state index is 4.90. The van der Waals surface area contributed by atoms with Crippen LogP contribution in [0.3, 0.4) is 0 Å². The molecule has 1 aliphatic heterocycles. The van der Waals surface area contributed by atoms with Crippen LogP contribution in [0.2, 0.25) is 0 Å². The number of rotatable bonds is 1. The molecule has 2 aliphatic rings. The van der Waals surface area contributed by atoms with E-state index < -0.39 is 0 Å². The highest BCUT2D eigenvalue weighted by molar-refractivity contribution is 14.1. The fourth-order valence-electron chi connectivity index (χ4n) is 2.49. The summed E-state index contributed by atoms with van der Waals surface area (Å²) < 4.78 is 1.27. The zero-order chi connectivity index (χ0) is 11.7. The van der Waals surface area contributed by atoms with Crippen LogP contribution in [0, 0.1) is 3.57 Å². The molecule has 1 fully saturated rings. The van der Waals surface area contributed by atoms with Gasteiger partial charge in [0.1, 0.15) is 0 Å². The molecule has 1 saturated carbocycles. The first-order valence-electron chi connectivity index (χ1n) is 6.01. The summed E-state index contributed by atoms with van der Waals surface area (Å²) in [6.45, 7) is 0. The van der Waals surface area contributed by atoms with Crippen LogP contribution in [0.15, 0.2) is 29.3 Å². The smallest absolute Gasteiger partial charge is 0.161 e. The largest absolute Gasteiger partial charge is 0.335 e. The predicted octanol–water partition coefficient (Wildman–Crippen LogP) is 4.12. The third-order valence-corrected chi connectivity index (χ3v) is 5.31. The highest BCUT2D eigenvalue weighted by Gasteiger charge is 2.38. The van der Waals surface area contributed by atoms with Crippen molar-refractivity contribution in [1.82, 2.24) is 0 Å². The summed E-state index contributed by atoms with van der Waals surface area (Å²) >= 11 is 4.20. The van der Waals surface area contributed by atoms with Gasteiger partial charge in [0.25, 0.3) is 0 Å². The number of hydrogen-bond acceptors (Lipinski definition) is 3. The van der Waals surface area contributed by atoms with Gasteiger partial charge in [-0.3, -0.25) is 4.99 Å². The van der Waals surface area contributed by atoms with Crippen LogP contribution in [-0.2, 0) is 0 Å². The first kappa shape index (κ1) is 11.8. The monoisotopic (exact) mass is 358 g/mol. The summed E-state index contributed by atoms with van der Waals surface area (Å²) in [6, 6.07) is 8.47. The normalized spacial score (nSPS) is 21.8. The highest BCUT2D eigenvalue weighted by Crippen LogP contribution is 2.41. The summed E-state index contributed by atoms with van der Waals surface area (Å²) in [4.78, 5) is 4.90. The van der Waals surface area contributed by atoms with E-state index in [2.05, 4.69) is 52.2 Å². The van der Waals surface area contributed by atoms with E-state index in [0.29, 0.717) is 0 Å². The molecular weight excluding hydrogens is 343 g/mol. The molecule has 1 aliphatic carbocycles. The molecule has 0 saturated heterocycles. The molecule has 0 atom stereocenters. The van der Waals surface area contributed by atoms with Crippen LogP contribution in [0.4, 0.5) is 5.69 Å². The Bertz CT molecular complexity index is 435. The Balaban J connectivity index is 1.72. The number of nitrogens with one attached hydrogen (secondary N) is 1. The molecule has 0 unspecified atom stereocenters. The van der Waals surface area contributed by atoms with Gasteiger partial charge in [0.15, 0.2) is 5.17 Å². The topological polar surface area (TPSA) is 24.4 Å². The SMILES string of the molecule is Ic1ccc(NC2=NC3(CCCC3)CS2)cc1. The van der Waals surface area contributed by atoms with E-state index >= 15 is 0 Å². The maximum absolute atomic E-state index is 4.90. The molecule has 1 aromatic carbocycles. The molecular formula is C13H15IN2S.